The summed E-state index contributed by atoms with van der Waals surface area (Å²) in [5.74, 6) is 0.598. The Hall–Kier alpha value is -2.84. The molecule has 0 bridgehead atoms. The summed E-state index contributed by atoms with van der Waals surface area (Å²) < 4.78 is 6.66. The van der Waals surface area contributed by atoms with Crippen molar-refractivity contribution in [3.05, 3.63) is 68.9 Å². The number of hydrazine groups is 1. The Morgan fingerprint density at radius 3 is 2.43 bits per heavy atom. The predicted octanol–water partition coefficient (Wildman–Crippen LogP) is 4.64. The van der Waals surface area contributed by atoms with Gasteiger partial charge in [0.05, 0.1) is 0 Å². The van der Waals surface area contributed by atoms with Crippen molar-refractivity contribution >= 4 is 44.9 Å². The minimum Gasteiger partial charge on any atom is -0.437 e. The maximum atomic E-state index is 12.2. The number of hydrogen-bond acceptors (Lipinski definition) is 6. The van der Waals surface area contributed by atoms with Crippen LogP contribution in [0.3, 0.4) is 0 Å². The number of nitrogens with one attached hydrogen (secondary N) is 2. The molecular weight excluding hydrogens is 446 g/mol. The van der Waals surface area contributed by atoms with Crippen LogP contribution >= 0.6 is 27.5 Å². The van der Waals surface area contributed by atoms with E-state index in [9.17, 15) is 4.79 Å². The molecule has 0 saturated carbocycles. The van der Waals surface area contributed by atoms with Crippen molar-refractivity contribution < 1.29 is 9.53 Å². The third-order valence-electron chi connectivity index (χ3n) is 3.87. The Labute approximate surface area is 175 Å². The van der Waals surface area contributed by atoms with Crippen molar-refractivity contribution in [2.75, 3.05) is 11.2 Å². The lowest BCUT2D eigenvalue weighted by Gasteiger charge is -2.13. The number of benzene rings is 2. The molecule has 28 heavy (non-hydrogen) atoms. The van der Waals surface area contributed by atoms with Gasteiger partial charge in [-0.15, -0.1) is 0 Å². The van der Waals surface area contributed by atoms with Crippen LogP contribution in [-0.4, -0.2) is 15.9 Å². The third-order valence-corrected chi connectivity index (χ3v) is 5.00. The number of carbonyl (C=O) groups excluding carboxylic acids is 1. The van der Waals surface area contributed by atoms with E-state index in [1.807, 2.05) is 13.8 Å². The van der Waals surface area contributed by atoms with Gasteiger partial charge in [-0.05, 0) is 61.4 Å². The first-order valence-electron chi connectivity index (χ1n) is 8.22. The van der Waals surface area contributed by atoms with Gasteiger partial charge in [-0.1, -0.05) is 27.5 Å². The first-order chi connectivity index (χ1) is 13.3. The Morgan fingerprint density at radius 2 is 1.79 bits per heavy atom. The van der Waals surface area contributed by atoms with Gasteiger partial charge in [-0.25, -0.2) is 4.98 Å². The smallest absolute Gasteiger partial charge is 0.269 e. The lowest BCUT2D eigenvalue weighted by Crippen LogP contribution is -2.30. The number of nitrogens with two attached hydrogens (primary N) is 1. The fraction of sp³-hybridized carbons (Fsp3) is 0.105. The topological polar surface area (TPSA) is 102 Å². The van der Waals surface area contributed by atoms with E-state index < -0.39 is 0 Å². The molecule has 2 aromatic carbocycles. The fourth-order valence-electron chi connectivity index (χ4n) is 2.43. The molecule has 0 aliphatic heterocycles. The predicted molar refractivity (Wildman–Crippen MR) is 113 cm³/mol. The molecule has 1 amide bonds. The minimum atomic E-state index is -0.336. The third kappa shape index (κ3) is 4.52. The number of nitrogen functional groups attached to an aromatic ring is 1. The molecule has 0 aliphatic carbocycles. The van der Waals surface area contributed by atoms with Gasteiger partial charge in [0.1, 0.15) is 17.8 Å². The second kappa shape index (κ2) is 8.45. The van der Waals surface area contributed by atoms with Crippen molar-refractivity contribution in [1.29, 1.82) is 0 Å². The van der Waals surface area contributed by atoms with Gasteiger partial charge in [-0.3, -0.25) is 15.6 Å². The van der Waals surface area contributed by atoms with Crippen molar-refractivity contribution in [3.63, 3.8) is 0 Å². The van der Waals surface area contributed by atoms with Crippen LogP contribution in [0.2, 0.25) is 5.02 Å². The van der Waals surface area contributed by atoms with Crippen molar-refractivity contribution in [2.45, 2.75) is 13.8 Å². The average molecular weight is 463 g/mol. The van der Waals surface area contributed by atoms with Crippen molar-refractivity contribution in [2.24, 2.45) is 0 Å². The van der Waals surface area contributed by atoms with Gasteiger partial charge in [0.15, 0.2) is 5.82 Å². The number of carbonyl (C=O) groups is 1. The molecule has 0 unspecified atom stereocenters. The quantitative estimate of drug-likeness (QED) is 0.477. The normalized spacial score (nSPS) is 10.4. The highest BCUT2D eigenvalue weighted by Crippen LogP contribution is 2.32. The second-order valence-corrected chi connectivity index (χ2v) is 7.29. The van der Waals surface area contributed by atoms with E-state index in [2.05, 4.69) is 36.7 Å². The van der Waals surface area contributed by atoms with Crippen LogP contribution < -0.4 is 21.3 Å². The first-order valence-corrected chi connectivity index (χ1v) is 9.39. The number of aryl methyl sites for hydroxylation is 2. The van der Waals surface area contributed by atoms with E-state index in [0.717, 1.165) is 15.6 Å². The summed E-state index contributed by atoms with van der Waals surface area (Å²) in [5, 5.41) is 0.681. The highest BCUT2D eigenvalue weighted by Gasteiger charge is 2.13. The molecular formula is C19H17BrClN5O2. The highest BCUT2D eigenvalue weighted by molar-refractivity contribution is 9.10. The summed E-state index contributed by atoms with van der Waals surface area (Å²) >= 11 is 9.51. The van der Waals surface area contributed by atoms with E-state index in [0.29, 0.717) is 16.3 Å². The van der Waals surface area contributed by atoms with E-state index in [4.69, 9.17) is 22.1 Å². The molecule has 7 nitrogen and oxygen atoms in total. The zero-order valence-electron chi connectivity index (χ0n) is 15.1. The van der Waals surface area contributed by atoms with Crippen LogP contribution in [0.15, 0.2) is 47.2 Å². The number of aromatic nitrogens is 2. The van der Waals surface area contributed by atoms with Crippen LogP contribution in [0.4, 0.5) is 11.5 Å². The second-order valence-electron chi connectivity index (χ2n) is 6.00. The average Bonchev–Trinajstić information content (AvgIpc) is 2.67. The van der Waals surface area contributed by atoms with E-state index in [1.165, 1.54) is 6.33 Å². The molecule has 1 heterocycles. The molecule has 1 aromatic heterocycles. The van der Waals surface area contributed by atoms with E-state index >= 15 is 0 Å². The maximum absolute atomic E-state index is 12.2. The highest BCUT2D eigenvalue weighted by atomic mass is 79.9. The first kappa shape index (κ1) is 19.9. The molecule has 4 N–H and O–H groups in total. The molecule has 0 aliphatic rings. The summed E-state index contributed by atoms with van der Waals surface area (Å²) in [5.41, 5.74) is 13.7. The van der Waals surface area contributed by atoms with Crippen LogP contribution in [-0.2, 0) is 0 Å². The Kier molecular flexibility index (Phi) is 6.01. The van der Waals surface area contributed by atoms with Gasteiger partial charge in [0.2, 0.25) is 5.88 Å². The SMILES string of the molecule is Cc1cc(Oc2ncnc(NNC(=O)c3ccc(Br)cc3)c2N)cc(C)c1Cl. The zero-order chi connectivity index (χ0) is 20.3. The molecule has 144 valence electrons. The van der Waals surface area contributed by atoms with Crippen LogP contribution in [0.25, 0.3) is 0 Å². The van der Waals surface area contributed by atoms with Gasteiger partial charge in [0, 0.05) is 15.1 Å². The number of ether oxygens (including phenoxy) is 1. The van der Waals surface area contributed by atoms with Gasteiger partial charge in [-0.2, -0.15) is 4.98 Å². The van der Waals surface area contributed by atoms with E-state index in [-0.39, 0.29) is 23.3 Å². The van der Waals surface area contributed by atoms with Gasteiger partial charge < -0.3 is 10.5 Å². The number of anilines is 2. The lowest BCUT2D eigenvalue weighted by atomic mass is 10.1. The number of rotatable bonds is 5. The number of hydrogen-bond donors (Lipinski definition) is 3. The molecule has 3 rings (SSSR count). The van der Waals surface area contributed by atoms with Crippen molar-refractivity contribution in [1.82, 2.24) is 15.4 Å². The van der Waals surface area contributed by atoms with Gasteiger partial charge >= 0.3 is 0 Å². The number of halogens is 2. The molecule has 0 spiro atoms. The van der Waals surface area contributed by atoms with Crippen LogP contribution in [0.5, 0.6) is 11.6 Å². The molecule has 0 radical (unpaired) electrons. The monoisotopic (exact) mass is 461 g/mol. The summed E-state index contributed by atoms with van der Waals surface area (Å²) in [7, 11) is 0. The molecule has 9 heteroatoms. The molecule has 3 aromatic rings. The summed E-state index contributed by atoms with van der Waals surface area (Å²) in [6.07, 6.45) is 1.29. The largest absolute Gasteiger partial charge is 0.437 e. The number of nitrogens with zero attached hydrogens (tertiary/aromatic N) is 2. The molecule has 0 fully saturated rings. The summed E-state index contributed by atoms with van der Waals surface area (Å²) in [6, 6.07) is 10.5. The van der Waals surface area contributed by atoms with Gasteiger partial charge in [0.25, 0.3) is 5.91 Å². The minimum absolute atomic E-state index is 0.156. The molecule has 0 saturated heterocycles. The van der Waals surface area contributed by atoms with Crippen LogP contribution in [0, 0.1) is 13.8 Å². The van der Waals surface area contributed by atoms with Crippen molar-refractivity contribution in [3.8, 4) is 11.6 Å². The zero-order valence-corrected chi connectivity index (χ0v) is 17.4. The lowest BCUT2D eigenvalue weighted by molar-refractivity contribution is 0.0962. The Balaban J connectivity index is 1.74. The Bertz CT molecular complexity index is 1000. The van der Waals surface area contributed by atoms with E-state index in [1.54, 1.807) is 36.4 Å². The standard InChI is InChI=1S/C19H17BrClN5O2/c1-10-7-14(8-11(2)15(10)21)28-19-16(22)17(23-9-24-19)25-26-18(27)12-3-5-13(20)6-4-12/h3-9H,22H2,1-2H3,(H,26,27)(H,23,24,25). The number of amides is 1. The summed E-state index contributed by atoms with van der Waals surface area (Å²) in [4.78, 5) is 20.3. The summed E-state index contributed by atoms with van der Waals surface area (Å²) in [6.45, 7) is 3.77. The maximum Gasteiger partial charge on any atom is 0.269 e. The van der Waals surface area contributed by atoms with Crippen LogP contribution in [0.1, 0.15) is 21.5 Å². The Morgan fingerprint density at radius 1 is 1.14 bits per heavy atom. The molecule has 0 atom stereocenters. The fourth-order valence-corrected chi connectivity index (χ4v) is 2.80.